The van der Waals surface area contributed by atoms with Gasteiger partial charge in [-0.25, -0.2) is 0 Å². The van der Waals surface area contributed by atoms with E-state index in [-0.39, 0.29) is 0 Å². The van der Waals surface area contributed by atoms with Gasteiger partial charge in [0.15, 0.2) is 0 Å². The van der Waals surface area contributed by atoms with Crippen LogP contribution in [-0.2, 0) is 0 Å². The Bertz CT molecular complexity index is 251. The maximum absolute atomic E-state index is 3.66. The van der Waals surface area contributed by atoms with Crippen LogP contribution in [0.15, 0.2) is 0 Å². The van der Waals surface area contributed by atoms with Gasteiger partial charge in [-0.3, -0.25) is 0 Å². The van der Waals surface area contributed by atoms with Crippen molar-refractivity contribution in [2.45, 2.75) is 68.2 Å². The van der Waals surface area contributed by atoms with Gasteiger partial charge in [-0.05, 0) is 31.7 Å². The van der Waals surface area contributed by atoms with E-state index in [0.717, 1.165) is 33.6 Å². The first-order valence-electron chi connectivity index (χ1n) is 7.56. The minimum Gasteiger partial charge on any atom is -0.316 e. The van der Waals surface area contributed by atoms with Crippen LogP contribution >= 0.6 is 23.5 Å². The molecule has 0 aromatic heterocycles. The van der Waals surface area contributed by atoms with Gasteiger partial charge in [0.1, 0.15) is 0 Å². The highest BCUT2D eigenvalue weighted by Crippen LogP contribution is 2.41. The summed E-state index contributed by atoms with van der Waals surface area (Å²) in [5.74, 6) is 3.23. The predicted octanol–water partition coefficient (Wildman–Crippen LogP) is 4.03. The Hall–Kier alpha value is 0.660. The zero-order valence-corrected chi connectivity index (χ0v) is 13.9. The number of hydrogen-bond donors (Lipinski definition) is 1. The average Bonchev–Trinajstić information content (AvgIpc) is 2.37. The SMILES string of the molecule is CNC(C1CCC(C)CC1)C1CSC(C)C(C)S1. The van der Waals surface area contributed by atoms with E-state index in [4.69, 9.17) is 0 Å². The number of rotatable bonds is 3. The van der Waals surface area contributed by atoms with Gasteiger partial charge in [-0.1, -0.05) is 33.6 Å². The van der Waals surface area contributed by atoms with Crippen molar-refractivity contribution in [3.63, 3.8) is 0 Å². The first kappa shape index (κ1) is 15.1. The summed E-state index contributed by atoms with van der Waals surface area (Å²) in [6, 6.07) is 0.741. The van der Waals surface area contributed by atoms with Crippen molar-refractivity contribution in [3.8, 4) is 0 Å². The number of nitrogens with one attached hydrogen (secondary N) is 1. The lowest BCUT2D eigenvalue weighted by Crippen LogP contribution is -2.47. The zero-order valence-electron chi connectivity index (χ0n) is 12.3. The summed E-state index contributed by atoms with van der Waals surface area (Å²) in [4.78, 5) is 0. The molecule has 1 N–H and O–H groups in total. The molecule has 1 saturated heterocycles. The van der Waals surface area contributed by atoms with Crippen LogP contribution in [0.2, 0.25) is 0 Å². The third-order valence-electron chi connectivity index (χ3n) is 4.88. The fourth-order valence-electron chi connectivity index (χ4n) is 3.37. The number of hydrogen-bond acceptors (Lipinski definition) is 3. The summed E-state index contributed by atoms with van der Waals surface area (Å²) in [7, 11) is 2.18. The molecule has 0 spiro atoms. The molecular formula is C15H29NS2. The molecule has 1 aliphatic carbocycles. The van der Waals surface area contributed by atoms with E-state index in [9.17, 15) is 0 Å². The first-order valence-corrected chi connectivity index (χ1v) is 9.55. The Morgan fingerprint density at radius 3 is 2.22 bits per heavy atom. The Balaban J connectivity index is 1.92. The maximum Gasteiger partial charge on any atom is 0.0297 e. The smallest absolute Gasteiger partial charge is 0.0297 e. The lowest BCUT2D eigenvalue weighted by Gasteiger charge is -2.41. The van der Waals surface area contributed by atoms with Gasteiger partial charge in [-0.15, -0.1) is 0 Å². The lowest BCUT2D eigenvalue weighted by atomic mass is 9.78. The van der Waals surface area contributed by atoms with E-state index in [1.807, 2.05) is 0 Å². The van der Waals surface area contributed by atoms with Crippen LogP contribution in [0.3, 0.4) is 0 Å². The molecule has 1 heterocycles. The van der Waals surface area contributed by atoms with E-state index >= 15 is 0 Å². The molecule has 2 fully saturated rings. The van der Waals surface area contributed by atoms with Crippen LogP contribution in [0.25, 0.3) is 0 Å². The molecular weight excluding hydrogens is 258 g/mol. The topological polar surface area (TPSA) is 12.0 Å². The highest BCUT2D eigenvalue weighted by Gasteiger charge is 2.35. The van der Waals surface area contributed by atoms with E-state index in [2.05, 4.69) is 56.7 Å². The monoisotopic (exact) mass is 287 g/mol. The normalized spacial score (nSPS) is 43.7. The molecule has 0 amide bonds. The van der Waals surface area contributed by atoms with E-state index in [0.29, 0.717) is 0 Å². The molecule has 0 radical (unpaired) electrons. The second-order valence-electron chi connectivity index (χ2n) is 6.25. The average molecular weight is 288 g/mol. The van der Waals surface area contributed by atoms with Gasteiger partial charge in [0.2, 0.25) is 0 Å². The second kappa shape index (κ2) is 6.90. The maximum atomic E-state index is 3.66. The molecule has 2 rings (SSSR count). The molecule has 4 atom stereocenters. The van der Waals surface area contributed by atoms with E-state index in [1.54, 1.807) is 0 Å². The van der Waals surface area contributed by atoms with Gasteiger partial charge in [0.25, 0.3) is 0 Å². The van der Waals surface area contributed by atoms with Crippen molar-refractivity contribution < 1.29 is 0 Å². The third-order valence-corrected chi connectivity index (χ3v) is 8.39. The summed E-state index contributed by atoms with van der Waals surface area (Å²) in [6.45, 7) is 7.21. The minimum absolute atomic E-state index is 0.741. The van der Waals surface area contributed by atoms with Crippen LogP contribution in [-0.4, -0.2) is 34.6 Å². The zero-order chi connectivity index (χ0) is 13.1. The van der Waals surface area contributed by atoms with Gasteiger partial charge in [0.05, 0.1) is 0 Å². The second-order valence-corrected chi connectivity index (χ2v) is 9.28. The van der Waals surface area contributed by atoms with Crippen LogP contribution in [0.5, 0.6) is 0 Å². The summed E-state index contributed by atoms with van der Waals surface area (Å²) in [5.41, 5.74) is 0. The Labute approximate surface area is 122 Å². The summed E-state index contributed by atoms with van der Waals surface area (Å²) >= 11 is 4.42. The molecule has 0 bridgehead atoms. The highest BCUT2D eigenvalue weighted by atomic mass is 32.2. The molecule has 1 aliphatic heterocycles. The third kappa shape index (κ3) is 3.61. The fraction of sp³-hybridized carbons (Fsp3) is 1.00. The van der Waals surface area contributed by atoms with Gasteiger partial charge in [-0.2, -0.15) is 23.5 Å². The molecule has 1 saturated carbocycles. The van der Waals surface area contributed by atoms with Gasteiger partial charge < -0.3 is 5.32 Å². The predicted molar refractivity (Wildman–Crippen MR) is 86.7 cm³/mol. The van der Waals surface area contributed by atoms with Crippen molar-refractivity contribution in [2.24, 2.45) is 11.8 Å². The summed E-state index contributed by atoms with van der Waals surface area (Å²) < 4.78 is 0. The molecule has 2 aliphatic rings. The minimum atomic E-state index is 0.741. The highest BCUT2D eigenvalue weighted by molar-refractivity contribution is 8.07. The van der Waals surface area contributed by atoms with Gasteiger partial charge in [0, 0.05) is 27.5 Å². The van der Waals surface area contributed by atoms with Crippen LogP contribution in [0.1, 0.15) is 46.5 Å². The van der Waals surface area contributed by atoms with Gasteiger partial charge >= 0.3 is 0 Å². The largest absolute Gasteiger partial charge is 0.316 e. The molecule has 3 heteroatoms. The molecule has 4 unspecified atom stereocenters. The Kier molecular flexibility index (Phi) is 5.77. The van der Waals surface area contributed by atoms with Crippen molar-refractivity contribution in [3.05, 3.63) is 0 Å². The van der Waals surface area contributed by atoms with E-state index in [1.165, 1.54) is 31.4 Å². The molecule has 0 aromatic carbocycles. The standard InChI is InChI=1S/C15H29NS2/c1-10-5-7-13(8-6-10)15(16-4)14-9-17-11(2)12(3)18-14/h10-16H,5-9H2,1-4H3. The summed E-state index contributed by atoms with van der Waals surface area (Å²) in [5, 5.41) is 6.12. The Morgan fingerprint density at radius 1 is 1.00 bits per heavy atom. The first-order chi connectivity index (χ1) is 8.61. The van der Waals surface area contributed by atoms with Crippen LogP contribution in [0.4, 0.5) is 0 Å². The number of thioether (sulfide) groups is 2. The lowest BCUT2D eigenvalue weighted by molar-refractivity contribution is 0.236. The van der Waals surface area contributed by atoms with Crippen LogP contribution in [0, 0.1) is 11.8 Å². The van der Waals surface area contributed by atoms with Crippen molar-refractivity contribution in [1.82, 2.24) is 5.32 Å². The molecule has 106 valence electrons. The van der Waals surface area contributed by atoms with Crippen LogP contribution < -0.4 is 5.32 Å². The molecule has 18 heavy (non-hydrogen) atoms. The fourth-order valence-corrected chi connectivity index (χ4v) is 6.62. The Morgan fingerprint density at radius 2 is 1.67 bits per heavy atom. The van der Waals surface area contributed by atoms with Crippen molar-refractivity contribution in [2.75, 3.05) is 12.8 Å². The molecule has 0 aromatic rings. The quantitative estimate of drug-likeness (QED) is 0.842. The molecule has 1 nitrogen and oxygen atoms in total. The summed E-state index contributed by atoms with van der Waals surface area (Å²) in [6.07, 6.45) is 5.77. The van der Waals surface area contributed by atoms with Crippen molar-refractivity contribution in [1.29, 1.82) is 0 Å². The van der Waals surface area contributed by atoms with E-state index < -0.39 is 0 Å². The van der Waals surface area contributed by atoms with Crippen molar-refractivity contribution >= 4 is 23.5 Å².